The van der Waals surface area contributed by atoms with Gasteiger partial charge in [0.1, 0.15) is 11.3 Å². The number of fused-ring (bicyclic) bond motifs is 2. The molecule has 0 N–H and O–H groups in total. The Kier molecular flexibility index (Phi) is 3.18. The van der Waals surface area contributed by atoms with Crippen LogP contribution in [0.2, 0.25) is 0 Å². The Morgan fingerprint density at radius 2 is 1.21 bits per heavy atom. The Labute approximate surface area is 204 Å². The highest BCUT2D eigenvalue weighted by Crippen LogP contribution is 2.43. The zero-order chi connectivity index (χ0) is 26.8. The van der Waals surface area contributed by atoms with Crippen LogP contribution in [-0.4, -0.2) is 9.55 Å². The van der Waals surface area contributed by atoms with E-state index in [0.717, 1.165) is 50.7 Å². The van der Waals surface area contributed by atoms with E-state index < -0.39 is 6.04 Å². The van der Waals surface area contributed by atoms with Crippen molar-refractivity contribution in [3.63, 3.8) is 0 Å². The van der Waals surface area contributed by atoms with Gasteiger partial charge in [-0.3, -0.25) is 4.57 Å². The highest BCUT2D eigenvalue weighted by atomic mass is 16.5. The second kappa shape index (κ2) is 7.46. The van der Waals surface area contributed by atoms with Crippen LogP contribution < -0.4 is 4.74 Å². The van der Waals surface area contributed by atoms with Crippen LogP contribution in [0.5, 0.6) is 11.5 Å². The fourth-order valence-electron chi connectivity index (χ4n) is 4.49. The van der Waals surface area contributed by atoms with Gasteiger partial charge in [0.25, 0.3) is 0 Å². The maximum Gasteiger partial charge on any atom is 0.153 e. The molecule has 3 heteroatoms. The van der Waals surface area contributed by atoms with Crippen molar-refractivity contribution in [2.24, 2.45) is 0 Å². The first kappa shape index (κ1) is 14.5. The maximum atomic E-state index is 8.24. The van der Waals surface area contributed by atoms with Gasteiger partial charge in [-0.1, -0.05) is 96.9 Å². The Morgan fingerprint density at radius 1 is 0.588 bits per heavy atom. The molecule has 0 aliphatic carbocycles. The van der Waals surface area contributed by atoms with E-state index in [1.807, 2.05) is 78.9 Å². The van der Waals surface area contributed by atoms with Crippen LogP contribution in [0.1, 0.15) is 6.85 Å². The molecule has 2 heterocycles. The van der Waals surface area contributed by atoms with E-state index in [4.69, 9.17) is 16.6 Å². The number of imidazole rings is 1. The molecule has 0 amide bonds. The summed E-state index contributed by atoms with van der Waals surface area (Å²) >= 11 is 0. The second-order valence-corrected chi connectivity index (χ2v) is 8.12. The summed E-state index contributed by atoms with van der Waals surface area (Å²) in [6.45, 7) is 0. The van der Waals surface area contributed by atoms with Gasteiger partial charge in [0, 0.05) is 5.56 Å². The first-order chi connectivity index (χ1) is 18.9. The van der Waals surface area contributed by atoms with Crippen molar-refractivity contribution in [2.75, 3.05) is 0 Å². The van der Waals surface area contributed by atoms with Crippen molar-refractivity contribution in [1.29, 1.82) is 0 Å². The summed E-state index contributed by atoms with van der Waals surface area (Å²) in [6, 6.07) is 27.9. The molecule has 3 nitrogen and oxygen atoms in total. The Morgan fingerprint density at radius 3 is 1.94 bits per heavy atom. The third kappa shape index (κ3) is 2.95. The Bertz CT molecular complexity index is 1900. The molecular weight excluding hydrogens is 416 g/mol. The first-order valence-electron chi connectivity index (χ1n) is 13.5. The number of nitrogens with zero attached hydrogens (tertiary/aromatic N) is 2. The zero-order valence-electron chi connectivity index (χ0n) is 23.0. The van der Waals surface area contributed by atoms with E-state index in [2.05, 4.69) is 4.57 Å². The van der Waals surface area contributed by atoms with E-state index in [9.17, 15) is 0 Å². The largest absolute Gasteiger partial charge is 0.453 e. The minimum Gasteiger partial charge on any atom is -0.453 e. The van der Waals surface area contributed by atoms with Crippen LogP contribution in [-0.2, 0) is 0 Å². The van der Waals surface area contributed by atoms with Crippen LogP contribution in [0.15, 0.2) is 121 Å². The van der Waals surface area contributed by atoms with Crippen LogP contribution in [0.3, 0.4) is 0 Å². The molecule has 1 aliphatic heterocycles. The van der Waals surface area contributed by atoms with Crippen molar-refractivity contribution in [2.45, 2.75) is 0 Å². The number of hydrogen-bond donors (Lipinski definition) is 0. The summed E-state index contributed by atoms with van der Waals surface area (Å²) in [4.78, 5) is 4.94. The Balaban J connectivity index is 1.27. The van der Waals surface area contributed by atoms with Gasteiger partial charge in [0.05, 0.1) is 18.1 Å². The van der Waals surface area contributed by atoms with Gasteiger partial charge in [-0.15, -0.1) is 0 Å². The molecule has 6 aromatic rings. The molecule has 0 bridgehead atoms. The third-order valence-corrected chi connectivity index (χ3v) is 6.12. The fraction of sp³-hybridized carbons (Fsp3) is 0. The molecule has 0 atom stereocenters. The second-order valence-electron chi connectivity index (χ2n) is 8.12. The number of ether oxygens (including phenoxy) is 1. The van der Waals surface area contributed by atoms with Gasteiger partial charge in [-0.05, 0) is 46.5 Å². The highest BCUT2D eigenvalue weighted by molar-refractivity contribution is 5.90. The minimum atomic E-state index is -0.391. The molecule has 0 saturated carbocycles. The third-order valence-electron chi connectivity index (χ3n) is 6.12. The average Bonchev–Trinajstić information content (AvgIpc) is 3.37. The molecule has 1 aromatic heterocycles. The van der Waals surface area contributed by atoms with Crippen molar-refractivity contribution >= 4 is 11.0 Å². The van der Waals surface area contributed by atoms with Crippen molar-refractivity contribution in [3.8, 4) is 50.8 Å². The molecule has 34 heavy (non-hydrogen) atoms. The predicted octanol–water partition coefficient (Wildman–Crippen LogP) is 8.13. The van der Waals surface area contributed by atoms with Crippen LogP contribution in [0.25, 0.3) is 50.4 Å². The summed E-state index contributed by atoms with van der Waals surface area (Å²) in [6.07, 6.45) is 0. The standard InChI is InChI=1S/C31H20N2O/c1-2-7-21(8-3-1)22-13-15-23(16-14-22)24-17-19-25(20-18-24)31-32-26-9-6-12-29-30(26)33(31)27-10-4-5-11-28(27)34-29/h1-20H/i1D,2D,3D,7D,8D. The lowest BCUT2D eigenvalue weighted by Gasteiger charge is -2.20. The predicted molar refractivity (Wildman–Crippen MR) is 137 cm³/mol. The molecule has 160 valence electrons. The van der Waals surface area contributed by atoms with Crippen molar-refractivity contribution in [1.82, 2.24) is 9.55 Å². The molecule has 0 fully saturated rings. The first-order valence-corrected chi connectivity index (χ1v) is 11.0. The maximum absolute atomic E-state index is 8.24. The van der Waals surface area contributed by atoms with Crippen LogP contribution in [0, 0.1) is 0 Å². The summed E-state index contributed by atoms with van der Waals surface area (Å²) < 4.78 is 48.5. The lowest BCUT2D eigenvalue weighted by molar-refractivity contribution is 0.476. The van der Waals surface area contributed by atoms with Gasteiger partial charge >= 0.3 is 0 Å². The van der Waals surface area contributed by atoms with Crippen LogP contribution >= 0.6 is 0 Å². The number of rotatable bonds is 3. The van der Waals surface area contributed by atoms with Gasteiger partial charge in [-0.2, -0.15) is 0 Å². The molecule has 0 unspecified atom stereocenters. The average molecular weight is 442 g/mol. The van der Waals surface area contributed by atoms with E-state index in [-0.39, 0.29) is 29.7 Å². The number of para-hydroxylation sites is 3. The molecule has 5 aromatic carbocycles. The summed E-state index contributed by atoms with van der Waals surface area (Å²) in [7, 11) is 0. The van der Waals surface area contributed by atoms with Gasteiger partial charge in [-0.25, -0.2) is 4.98 Å². The highest BCUT2D eigenvalue weighted by Gasteiger charge is 2.24. The quantitative estimate of drug-likeness (QED) is 0.277. The van der Waals surface area contributed by atoms with E-state index >= 15 is 0 Å². The van der Waals surface area contributed by atoms with Crippen LogP contribution in [0.4, 0.5) is 0 Å². The number of aromatic nitrogens is 2. The Hall–Kier alpha value is -4.63. The van der Waals surface area contributed by atoms with E-state index in [1.165, 1.54) is 0 Å². The fourth-order valence-corrected chi connectivity index (χ4v) is 4.49. The molecule has 0 spiro atoms. The summed E-state index contributed by atoms with van der Waals surface area (Å²) in [5.41, 5.74) is 6.44. The van der Waals surface area contributed by atoms with Gasteiger partial charge in [0.15, 0.2) is 11.5 Å². The molecule has 0 radical (unpaired) electrons. The number of benzene rings is 5. The molecular formula is C31H20N2O. The van der Waals surface area contributed by atoms with E-state index in [0.29, 0.717) is 5.56 Å². The van der Waals surface area contributed by atoms with Gasteiger partial charge < -0.3 is 4.74 Å². The monoisotopic (exact) mass is 441 g/mol. The van der Waals surface area contributed by atoms with Gasteiger partial charge in [0.2, 0.25) is 0 Å². The number of hydrogen-bond acceptors (Lipinski definition) is 2. The SMILES string of the molecule is [2H]c1c([2H])c([2H])c(-c2ccc(-c3ccc(-c4nc5cccc6c5n4-c4ccccc4O6)cc3)cc2)c([2H])c1[2H]. The lowest BCUT2D eigenvalue weighted by Crippen LogP contribution is -2.05. The molecule has 7 rings (SSSR count). The van der Waals surface area contributed by atoms with Crippen molar-refractivity contribution < 1.29 is 11.6 Å². The summed E-state index contributed by atoms with van der Waals surface area (Å²) in [5.74, 6) is 2.39. The zero-order valence-corrected chi connectivity index (χ0v) is 18.0. The van der Waals surface area contributed by atoms with Crippen molar-refractivity contribution in [3.05, 3.63) is 121 Å². The topological polar surface area (TPSA) is 27.1 Å². The summed E-state index contributed by atoms with van der Waals surface area (Å²) in [5, 5.41) is 0. The van der Waals surface area contributed by atoms with E-state index in [1.54, 1.807) is 12.1 Å². The molecule has 1 aliphatic rings. The molecule has 0 saturated heterocycles. The lowest BCUT2D eigenvalue weighted by atomic mass is 9.99. The minimum absolute atomic E-state index is 0.201. The smallest absolute Gasteiger partial charge is 0.153 e. The normalized spacial score (nSPS) is 13.8.